The van der Waals surface area contributed by atoms with E-state index in [0.29, 0.717) is 23.4 Å². The summed E-state index contributed by atoms with van der Waals surface area (Å²) in [5, 5.41) is 14.3. The van der Waals surface area contributed by atoms with Gasteiger partial charge in [0.15, 0.2) is 0 Å². The number of amides is 3. The molecule has 1 fully saturated rings. The maximum absolute atomic E-state index is 12.9. The first-order chi connectivity index (χ1) is 13.9. The number of carboxylic acids is 1. The molecule has 3 amide bonds. The Morgan fingerprint density at radius 1 is 1.03 bits per heavy atom. The quantitative estimate of drug-likeness (QED) is 0.691. The average molecular weight is 395 g/mol. The molecule has 2 aromatic rings. The Morgan fingerprint density at radius 3 is 2.48 bits per heavy atom. The van der Waals surface area contributed by atoms with Crippen molar-refractivity contribution in [2.45, 2.75) is 32.6 Å². The van der Waals surface area contributed by atoms with E-state index in [4.69, 9.17) is 5.11 Å². The van der Waals surface area contributed by atoms with Gasteiger partial charge in [0, 0.05) is 25.2 Å². The summed E-state index contributed by atoms with van der Waals surface area (Å²) >= 11 is 0. The molecule has 1 aliphatic rings. The number of hydrogen-bond donors (Lipinski definition) is 3. The lowest BCUT2D eigenvalue weighted by Crippen LogP contribution is -2.30. The van der Waals surface area contributed by atoms with Crippen molar-refractivity contribution in [2.75, 3.05) is 23.7 Å². The van der Waals surface area contributed by atoms with Crippen molar-refractivity contribution in [1.29, 1.82) is 0 Å². The third-order valence-electron chi connectivity index (χ3n) is 4.94. The van der Waals surface area contributed by atoms with E-state index in [1.54, 1.807) is 30.3 Å². The molecule has 7 heteroatoms. The molecule has 1 saturated heterocycles. The summed E-state index contributed by atoms with van der Waals surface area (Å²) in [5.74, 6) is -0.928. The van der Waals surface area contributed by atoms with Crippen LogP contribution in [0.5, 0.6) is 0 Å². The summed E-state index contributed by atoms with van der Waals surface area (Å²) in [5.41, 5.74) is 3.19. The van der Waals surface area contributed by atoms with Crippen LogP contribution in [0.2, 0.25) is 0 Å². The number of carbonyl (C=O) groups is 3. The van der Waals surface area contributed by atoms with Gasteiger partial charge in [-0.05, 0) is 55.5 Å². The summed E-state index contributed by atoms with van der Waals surface area (Å²) in [6, 6.07) is 12.0. The van der Waals surface area contributed by atoms with Crippen molar-refractivity contribution < 1.29 is 19.5 Å². The molecule has 7 nitrogen and oxygen atoms in total. The highest BCUT2D eigenvalue weighted by Crippen LogP contribution is 2.24. The van der Waals surface area contributed by atoms with Crippen LogP contribution in [0.15, 0.2) is 42.5 Å². The molecule has 1 aliphatic heterocycles. The van der Waals surface area contributed by atoms with Crippen LogP contribution in [0.3, 0.4) is 0 Å². The number of nitrogens with zero attached hydrogens (tertiary/aromatic N) is 1. The zero-order valence-electron chi connectivity index (χ0n) is 16.4. The van der Waals surface area contributed by atoms with Gasteiger partial charge in [0.25, 0.3) is 5.91 Å². The predicted octanol–water partition coefficient (Wildman–Crippen LogP) is 3.89. The third-order valence-corrected chi connectivity index (χ3v) is 4.94. The lowest BCUT2D eigenvalue weighted by molar-refractivity contribution is -0.136. The number of aliphatic carboxylic acids is 1. The summed E-state index contributed by atoms with van der Waals surface area (Å²) in [7, 11) is 0. The minimum atomic E-state index is -0.865. The maximum atomic E-state index is 12.9. The van der Waals surface area contributed by atoms with Crippen molar-refractivity contribution in [3.05, 3.63) is 59.2 Å². The Labute approximate surface area is 169 Å². The molecule has 3 rings (SSSR count). The van der Waals surface area contributed by atoms with E-state index in [1.165, 1.54) is 0 Å². The van der Waals surface area contributed by atoms with E-state index in [1.807, 2.05) is 24.0 Å². The standard InChI is InChI=1S/C22H25N3O4/c1-15-6-4-9-18(20(15)21(28)25-12-2-3-13-25)24-22(29)23-17-8-5-7-16(14-17)10-11-19(26)27/h4-9,14H,2-3,10-13H2,1H3,(H,26,27)(H2,23,24,29). The van der Waals surface area contributed by atoms with E-state index < -0.39 is 12.0 Å². The Bertz CT molecular complexity index is 920. The first kappa shape index (κ1) is 20.4. The lowest BCUT2D eigenvalue weighted by atomic mass is 10.1. The number of anilines is 2. The maximum Gasteiger partial charge on any atom is 0.323 e. The first-order valence-electron chi connectivity index (χ1n) is 9.71. The van der Waals surface area contributed by atoms with E-state index in [9.17, 15) is 14.4 Å². The van der Waals surface area contributed by atoms with Crippen LogP contribution in [0.25, 0.3) is 0 Å². The average Bonchev–Trinajstić information content (AvgIpc) is 3.21. The highest BCUT2D eigenvalue weighted by Gasteiger charge is 2.24. The van der Waals surface area contributed by atoms with E-state index in [0.717, 1.165) is 37.1 Å². The SMILES string of the molecule is Cc1cccc(NC(=O)Nc2cccc(CCC(=O)O)c2)c1C(=O)N1CCCC1. The van der Waals surface area contributed by atoms with Gasteiger partial charge < -0.3 is 20.6 Å². The molecule has 0 saturated carbocycles. The number of benzene rings is 2. The van der Waals surface area contributed by atoms with E-state index in [2.05, 4.69) is 10.6 Å². The van der Waals surface area contributed by atoms with Crippen molar-refractivity contribution >= 4 is 29.3 Å². The van der Waals surface area contributed by atoms with Gasteiger partial charge in [-0.2, -0.15) is 0 Å². The zero-order chi connectivity index (χ0) is 20.8. The van der Waals surface area contributed by atoms with Crippen molar-refractivity contribution in [1.82, 2.24) is 4.90 Å². The number of nitrogens with one attached hydrogen (secondary N) is 2. The molecular weight excluding hydrogens is 370 g/mol. The highest BCUT2D eigenvalue weighted by atomic mass is 16.4. The normalized spacial score (nSPS) is 13.2. The van der Waals surface area contributed by atoms with Crippen molar-refractivity contribution in [2.24, 2.45) is 0 Å². The van der Waals surface area contributed by atoms with Gasteiger partial charge in [-0.15, -0.1) is 0 Å². The Kier molecular flexibility index (Phi) is 6.49. The van der Waals surface area contributed by atoms with Crippen LogP contribution < -0.4 is 10.6 Å². The number of carboxylic acid groups (broad SMARTS) is 1. The molecule has 2 aromatic carbocycles. The van der Waals surface area contributed by atoms with Crippen LogP contribution >= 0.6 is 0 Å². The number of rotatable bonds is 6. The second kappa shape index (κ2) is 9.23. The van der Waals surface area contributed by atoms with Gasteiger partial charge in [0.1, 0.15) is 0 Å². The first-order valence-corrected chi connectivity index (χ1v) is 9.71. The van der Waals surface area contributed by atoms with Gasteiger partial charge in [-0.25, -0.2) is 4.79 Å². The summed E-state index contributed by atoms with van der Waals surface area (Å²) in [6.45, 7) is 3.34. The third kappa shape index (κ3) is 5.34. The van der Waals surface area contributed by atoms with Crippen molar-refractivity contribution in [3.63, 3.8) is 0 Å². The largest absolute Gasteiger partial charge is 0.481 e. The minimum Gasteiger partial charge on any atom is -0.481 e. The Balaban J connectivity index is 1.71. The molecule has 0 spiro atoms. The van der Waals surface area contributed by atoms with Gasteiger partial charge >= 0.3 is 12.0 Å². The van der Waals surface area contributed by atoms with Crippen LogP contribution in [-0.2, 0) is 11.2 Å². The highest BCUT2D eigenvalue weighted by molar-refractivity contribution is 6.07. The topological polar surface area (TPSA) is 98.7 Å². The smallest absolute Gasteiger partial charge is 0.323 e. The summed E-state index contributed by atoms with van der Waals surface area (Å²) in [6.07, 6.45) is 2.41. The molecule has 3 N–H and O–H groups in total. The summed E-state index contributed by atoms with van der Waals surface area (Å²) < 4.78 is 0. The predicted molar refractivity (Wildman–Crippen MR) is 111 cm³/mol. The Morgan fingerprint density at radius 2 is 1.76 bits per heavy atom. The molecule has 29 heavy (non-hydrogen) atoms. The fraction of sp³-hybridized carbons (Fsp3) is 0.318. The van der Waals surface area contributed by atoms with Gasteiger partial charge in [-0.1, -0.05) is 24.3 Å². The number of likely N-dealkylation sites (tertiary alicyclic amines) is 1. The van der Waals surface area contributed by atoms with E-state index in [-0.39, 0.29) is 12.3 Å². The van der Waals surface area contributed by atoms with E-state index >= 15 is 0 Å². The molecule has 0 aromatic heterocycles. The van der Waals surface area contributed by atoms with Gasteiger partial charge in [-0.3, -0.25) is 9.59 Å². The van der Waals surface area contributed by atoms with Crippen LogP contribution in [0.1, 0.15) is 40.7 Å². The second-order valence-corrected chi connectivity index (χ2v) is 7.17. The number of aryl methyl sites for hydroxylation is 2. The molecular formula is C22H25N3O4. The fourth-order valence-corrected chi connectivity index (χ4v) is 3.47. The van der Waals surface area contributed by atoms with Crippen LogP contribution in [-0.4, -0.2) is 41.0 Å². The Hall–Kier alpha value is -3.35. The minimum absolute atomic E-state index is 0.0287. The second-order valence-electron chi connectivity index (χ2n) is 7.17. The van der Waals surface area contributed by atoms with Gasteiger partial charge in [0.05, 0.1) is 11.3 Å². The van der Waals surface area contributed by atoms with Crippen LogP contribution in [0, 0.1) is 6.92 Å². The molecule has 0 aliphatic carbocycles. The fourth-order valence-electron chi connectivity index (χ4n) is 3.47. The van der Waals surface area contributed by atoms with Crippen LogP contribution in [0.4, 0.5) is 16.2 Å². The molecule has 0 radical (unpaired) electrons. The lowest BCUT2D eigenvalue weighted by Gasteiger charge is -2.20. The van der Waals surface area contributed by atoms with Crippen molar-refractivity contribution in [3.8, 4) is 0 Å². The number of hydrogen-bond acceptors (Lipinski definition) is 3. The molecule has 0 unspecified atom stereocenters. The zero-order valence-corrected chi connectivity index (χ0v) is 16.4. The molecule has 152 valence electrons. The van der Waals surface area contributed by atoms with Gasteiger partial charge in [0.2, 0.25) is 0 Å². The summed E-state index contributed by atoms with van der Waals surface area (Å²) in [4.78, 5) is 38.0. The molecule has 1 heterocycles. The molecule has 0 bridgehead atoms. The molecule has 0 atom stereocenters. The number of urea groups is 1. The number of carbonyl (C=O) groups excluding carboxylic acids is 2. The monoisotopic (exact) mass is 395 g/mol.